The van der Waals surface area contributed by atoms with Crippen LogP contribution >= 0.6 is 0 Å². The molecule has 1 rings (SSSR count). The standard InChI is InChI=1S/C10H17N3O4S/c1-13(6-8(14)7-17-2)18(15,16)9-3-4-12-10(11)5-9/h3-5,8,14H,6-7H2,1-2H3,(H2,11,12). The molecule has 8 heteroatoms. The molecule has 1 unspecified atom stereocenters. The summed E-state index contributed by atoms with van der Waals surface area (Å²) in [6.07, 6.45) is 0.440. The Morgan fingerprint density at radius 2 is 2.28 bits per heavy atom. The number of hydrogen-bond donors (Lipinski definition) is 2. The smallest absolute Gasteiger partial charge is 0.243 e. The molecule has 0 aliphatic carbocycles. The van der Waals surface area contributed by atoms with Crippen molar-refractivity contribution < 1.29 is 18.3 Å². The lowest BCUT2D eigenvalue weighted by Gasteiger charge is -2.20. The van der Waals surface area contributed by atoms with Gasteiger partial charge in [-0.2, -0.15) is 4.31 Å². The number of nitrogen functional groups attached to an aromatic ring is 1. The molecule has 1 heterocycles. The van der Waals surface area contributed by atoms with Gasteiger partial charge in [-0.1, -0.05) is 0 Å². The van der Waals surface area contributed by atoms with E-state index < -0.39 is 16.1 Å². The van der Waals surface area contributed by atoms with Crippen LogP contribution in [0.3, 0.4) is 0 Å². The third kappa shape index (κ3) is 3.64. The highest BCUT2D eigenvalue weighted by atomic mass is 32.2. The van der Waals surface area contributed by atoms with Crippen molar-refractivity contribution in [3.63, 3.8) is 0 Å². The first-order valence-electron chi connectivity index (χ1n) is 5.22. The van der Waals surface area contributed by atoms with Crippen LogP contribution in [0.25, 0.3) is 0 Å². The first kappa shape index (κ1) is 14.8. The maximum absolute atomic E-state index is 12.1. The van der Waals surface area contributed by atoms with Gasteiger partial charge < -0.3 is 15.6 Å². The SMILES string of the molecule is COCC(O)CN(C)S(=O)(=O)c1ccnc(N)c1. The molecule has 18 heavy (non-hydrogen) atoms. The number of likely N-dealkylation sites (N-methyl/N-ethyl adjacent to an activating group) is 1. The lowest BCUT2D eigenvalue weighted by Crippen LogP contribution is -2.36. The van der Waals surface area contributed by atoms with Gasteiger partial charge in [0.15, 0.2) is 0 Å². The van der Waals surface area contributed by atoms with Crippen LogP contribution in [0.15, 0.2) is 23.2 Å². The van der Waals surface area contributed by atoms with Crippen LogP contribution in [0.1, 0.15) is 0 Å². The Labute approximate surface area is 106 Å². The Hall–Kier alpha value is -1.22. The van der Waals surface area contributed by atoms with Gasteiger partial charge in [0.1, 0.15) is 5.82 Å². The molecule has 0 saturated heterocycles. The summed E-state index contributed by atoms with van der Waals surface area (Å²) in [4.78, 5) is 3.77. The van der Waals surface area contributed by atoms with E-state index in [1.54, 1.807) is 0 Å². The summed E-state index contributed by atoms with van der Waals surface area (Å²) in [6.45, 7) is 0.0107. The van der Waals surface area contributed by atoms with Crippen LogP contribution in [0.2, 0.25) is 0 Å². The van der Waals surface area contributed by atoms with Crippen LogP contribution in [-0.2, 0) is 14.8 Å². The molecule has 3 N–H and O–H groups in total. The second-order valence-electron chi connectivity index (χ2n) is 3.81. The van der Waals surface area contributed by atoms with E-state index in [1.165, 1.54) is 32.5 Å². The van der Waals surface area contributed by atoms with Gasteiger partial charge in [0.2, 0.25) is 10.0 Å². The van der Waals surface area contributed by atoms with E-state index in [4.69, 9.17) is 10.5 Å². The fourth-order valence-corrected chi connectivity index (χ4v) is 2.64. The number of ether oxygens (including phenoxy) is 1. The molecule has 0 saturated carbocycles. The molecule has 0 aliphatic heterocycles. The van der Waals surface area contributed by atoms with E-state index in [2.05, 4.69) is 4.98 Å². The first-order valence-corrected chi connectivity index (χ1v) is 6.66. The molecule has 0 spiro atoms. The minimum absolute atomic E-state index is 0.0436. The second kappa shape index (κ2) is 6.10. The number of nitrogens with two attached hydrogens (primary N) is 1. The highest BCUT2D eigenvalue weighted by molar-refractivity contribution is 7.89. The molecule has 0 aliphatic rings. The van der Waals surface area contributed by atoms with Gasteiger partial charge in [0.25, 0.3) is 0 Å². The second-order valence-corrected chi connectivity index (χ2v) is 5.86. The number of sulfonamides is 1. The lowest BCUT2D eigenvalue weighted by atomic mass is 10.4. The van der Waals surface area contributed by atoms with E-state index in [0.717, 1.165) is 4.31 Å². The minimum Gasteiger partial charge on any atom is -0.389 e. The summed E-state index contributed by atoms with van der Waals surface area (Å²) < 4.78 is 30.0. The van der Waals surface area contributed by atoms with Gasteiger partial charge >= 0.3 is 0 Å². The summed E-state index contributed by atoms with van der Waals surface area (Å²) in [5.74, 6) is 0.127. The Morgan fingerprint density at radius 3 is 2.83 bits per heavy atom. The molecule has 1 aromatic heterocycles. The zero-order chi connectivity index (χ0) is 13.8. The number of nitrogens with zero attached hydrogens (tertiary/aromatic N) is 2. The van der Waals surface area contributed by atoms with Gasteiger partial charge in [-0.05, 0) is 6.07 Å². The summed E-state index contributed by atoms with van der Waals surface area (Å²) in [6, 6.07) is 2.62. The fourth-order valence-electron chi connectivity index (χ4n) is 1.41. The monoisotopic (exact) mass is 275 g/mol. The predicted molar refractivity (Wildman–Crippen MR) is 66.3 cm³/mol. The molecule has 0 radical (unpaired) electrons. The normalized spacial score (nSPS) is 13.8. The number of pyridine rings is 1. The maximum Gasteiger partial charge on any atom is 0.243 e. The Bertz CT molecular complexity index is 492. The summed E-state index contributed by atoms with van der Waals surface area (Å²) in [7, 11) is -0.865. The van der Waals surface area contributed by atoms with E-state index in [0.29, 0.717) is 0 Å². The van der Waals surface area contributed by atoms with Crippen molar-refractivity contribution in [1.82, 2.24) is 9.29 Å². The third-order valence-corrected chi connectivity index (χ3v) is 4.11. The van der Waals surface area contributed by atoms with E-state index >= 15 is 0 Å². The van der Waals surface area contributed by atoms with Crippen molar-refractivity contribution in [3.8, 4) is 0 Å². The van der Waals surface area contributed by atoms with Gasteiger partial charge in [0.05, 0.1) is 17.6 Å². The van der Waals surface area contributed by atoms with E-state index in [-0.39, 0.29) is 23.9 Å². The molecule has 0 amide bonds. The van der Waals surface area contributed by atoms with Crippen LogP contribution in [0.4, 0.5) is 5.82 Å². The Balaban J connectivity index is 2.86. The molecular formula is C10H17N3O4S. The topological polar surface area (TPSA) is 106 Å². The van der Waals surface area contributed by atoms with Crippen molar-refractivity contribution in [1.29, 1.82) is 0 Å². The summed E-state index contributed by atoms with van der Waals surface area (Å²) in [5, 5.41) is 9.52. The van der Waals surface area contributed by atoms with Gasteiger partial charge in [-0.3, -0.25) is 0 Å². The molecule has 7 nitrogen and oxygen atoms in total. The van der Waals surface area contributed by atoms with Crippen LogP contribution in [0.5, 0.6) is 0 Å². The van der Waals surface area contributed by atoms with Crippen molar-refractivity contribution in [2.24, 2.45) is 0 Å². The van der Waals surface area contributed by atoms with E-state index in [9.17, 15) is 13.5 Å². The fraction of sp³-hybridized carbons (Fsp3) is 0.500. The zero-order valence-electron chi connectivity index (χ0n) is 10.3. The number of aromatic nitrogens is 1. The Morgan fingerprint density at radius 1 is 1.61 bits per heavy atom. The largest absolute Gasteiger partial charge is 0.389 e. The number of hydrogen-bond acceptors (Lipinski definition) is 6. The van der Waals surface area contributed by atoms with Crippen LogP contribution < -0.4 is 5.73 Å². The zero-order valence-corrected chi connectivity index (χ0v) is 11.1. The van der Waals surface area contributed by atoms with Gasteiger partial charge in [-0.15, -0.1) is 0 Å². The first-order chi connectivity index (χ1) is 8.37. The highest BCUT2D eigenvalue weighted by Crippen LogP contribution is 2.15. The number of rotatable bonds is 6. The number of anilines is 1. The molecule has 1 aromatic rings. The maximum atomic E-state index is 12.1. The quantitative estimate of drug-likeness (QED) is 0.710. The van der Waals surface area contributed by atoms with Crippen molar-refractivity contribution >= 4 is 15.8 Å². The van der Waals surface area contributed by atoms with Gasteiger partial charge in [0, 0.05) is 33.0 Å². The molecule has 102 valence electrons. The summed E-state index contributed by atoms with van der Waals surface area (Å²) in [5.41, 5.74) is 5.44. The molecule has 1 atom stereocenters. The third-order valence-electron chi connectivity index (χ3n) is 2.29. The number of methoxy groups -OCH3 is 1. The average molecular weight is 275 g/mol. The Kier molecular flexibility index (Phi) is 5.03. The highest BCUT2D eigenvalue weighted by Gasteiger charge is 2.23. The van der Waals surface area contributed by atoms with Gasteiger partial charge in [-0.25, -0.2) is 13.4 Å². The number of aliphatic hydroxyl groups excluding tert-OH is 1. The molecular weight excluding hydrogens is 258 g/mol. The van der Waals surface area contributed by atoms with Crippen molar-refractivity contribution in [3.05, 3.63) is 18.3 Å². The lowest BCUT2D eigenvalue weighted by molar-refractivity contribution is 0.0554. The van der Waals surface area contributed by atoms with Crippen LogP contribution in [0, 0.1) is 0 Å². The van der Waals surface area contributed by atoms with Crippen LogP contribution in [-0.4, -0.2) is 56.2 Å². The molecule has 0 fully saturated rings. The average Bonchev–Trinajstić information content (AvgIpc) is 2.29. The van der Waals surface area contributed by atoms with Crippen molar-refractivity contribution in [2.75, 3.05) is 33.0 Å². The summed E-state index contributed by atoms with van der Waals surface area (Å²) >= 11 is 0. The van der Waals surface area contributed by atoms with E-state index in [1.807, 2.05) is 0 Å². The number of aliphatic hydroxyl groups is 1. The predicted octanol–water partition coefficient (Wildman–Crippen LogP) is -0.708. The van der Waals surface area contributed by atoms with Crippen molar-refractivity contribution in [2.45, 2.75) is 11.0 Å². The molecule has 0 aromatic carbocycles. The molecule has 0 bridgehead atoms. The minimum atomic E-state index is -3.68.